The Morgan fingerprint density at radius 2 is 2.05 bits per heavy atom. The van der Waals surface area contributed by atoms with Crippen LogP contribution in [0.2, 0.25) is 0 Å². The third-order valence-corrected chi connectivity index (χ3v) is 4.11. The van der Waals surface area contributed by atoms with Gasteiger partial charge in [-0.1, -0.05) is 6.07 Å². The molecule has 1 aromatic carbocycles. The first-order chi connectivity index (χ1) is 8.65. The van der Waals surface area contributed by atoms with Gasteiger partial charge in [-0.3, -0.25) is 14.9 Å². The number of nitrogens with one attached hydrogen (secondary N) is 1. The van der Waals surface area contributed by atoms with Crippen molar-refractivity contribution >= 4 is 21.6 Å². The molecule has 104 valence electrons. The number of rotatable bonds is 5. The second kappa shape index (κ2) is 5.33. The minimum Gasteiger partial charge on any atom is -0.368 e. The highest BCUT2D eigenvalue weighted by atomic mass is 32.2. The van der Waals surface area contributed by atoms with Crippen LogP contribution in [0.25, 0.3) is 0 Å². The molecule has 1 aromatic rings. The maximum Gasteiger partial charge on any atom is 0.270 e. The Morgan fingerprint density at radius 1 is 1.47 bits per heavy atom. The fourth-order valence-electron chi connectivity index (χ4n) is 1.35. The molecule has 19 heavy (non-hydrogen) atoms. The van der Waals surface area contributed by atoms with Crippen LogP contribution >= 0.6 is 0 Å². The van der Waals surface area contributed by atoms with Crippen LogP contribution in [0.3, 0.4) is 0 Å². The van der Waals surface area contributed by atoms with Crippen LogP contribution in [-0.2, 0) is 14.8 Å². The third kappa shape index (κ3) is 3.48. The highest BCUT2D eigenvalue weighted by Gasteiger charge is 2.24. The van der Waals surface area contributed by atoms with E-state index in [1.165, 1.54) is 26.0 Å². The molecule has 1 unspecified atom stereocenters. The van der Waals surface area contributed by atoms with Crippen LogP contribution in [0, 0.1) is 17.0 Å². The van der Waals surface area contributed by atoms with Crippen LogP contribution in [0.5, 0.6) is 0 Å². The normalized spacial score (nSPS) is 12.9. The third-order valence-electron chi connectivity index (χ3n) is 2.43. The molecule has 1 amide bonds. The minimum absolute atomic E-state index is 0.255. The summed E-state index contributed by atoms with van der Waals surface area (Å²) in [5, 5.41) is 10.6. The summed E-state index contributed by atoms with van der Waals surface area (Å²) in [5.41, 5.74) is 4.94. The summed E-state index contributed by atoms with van der Waals surface area (Å²) >= 11 is 0. The van der Waals surface area contributed by atoms with Crippen LogP contribution in [-0.4, -0.2) is 25.3 Å². The molecular weight excluding hydrogens is 274 g/mol. The topological polar surface area (TPSA) is 132 Å². The Labute approximate surface area is 109 Å². The number of amides is 1. The predicted molar refractivity (Wildman–Crippen MR) is 66.8 cm³/mol. The molecular formula is C10H13N3O5S. The van der Waals surface area contributed by atoms with E-state index in [1.54, 1.807) is 0 Å². The second-order valence-electron chi connectivity index (χ2n) is 3.95. The summed E-state index contributed by atoms with van der Waals surface area (Å²) in [6.45, 7) is 2.78. The van der Waals surface area contributed by atoms with Crippen LogP contribution < -0.4 is 10.5 Å². The summed E-state index contributed by atoms with van der Waals surface area (Å²) in [4.78, 5) is 20.5. The van der Waals surface area contributed by atoms with E-state index < -0.39 is 26.9 Å². The van der Waals surface area contributed by atoms with E-state index in [-0.39, 0.29) is 10.6 Å². The maximum absolute atomic E-state index is 12.0. The predicted octanol–water partition coefficient (Wildman–Crippen LogP) is 0.0553. The van der Waals surface area contributed by atoms with Gasteiger partial charge in [-0.2, -0.15) is 4.72 Å². The number of carbonyl (C=O) groups is 1. The lowest BCUT2D eigenvalue weighted by Crippen LogP contribution is -2.42. The van der Waals surface area contributed by atoms with Gasteiger partial charge in [-0.25, -0.2) is 8.42 Å². The standard InChI is InChI=1S/C10H13N3O5S/c1-6-3-4-8(13(15)16)5-9(6)19(17,18)12-7(2)10(11)14/h3-5,7,12H,1-2H3,(H2,11,14). The molecule has 9 heteroatoms. The molecule has 0 heterocycles. The lowest BCUT2D eigenvalue weighted by atomic mass is 10.2. The molecule has 0 saturated heterocycles. The molecule has 0 radical (unpaired) electrons. The summed E-state index contributed by atoms with van der Waals surface area (Å²) in [6.07, 6.45) is 0. The van der Waals surface area contributed by atoms with E-state index in [0.717, 1.165) is 6.07 Å². The Hall–Kier alpha value is -2.00. The maximum atomic E-state index is 12.0. The zero-order valence-electron chi connectivity index (χ0n) is 10.3. The largest absolute Gasteiger partial charge is 0.368 e. The van der Waals surface area contributed by atoms with Gasteiger partial charge in [0.2, 0.25) is 15.9 Å². The average molecular weight is 287 g/mol. The number of nitrogens with two attached hydrogens (primary N) is 1. The highest BCUT2D eigenvalue weighted by Crippen LogP contribution is 2.21. The van der Waals surface area contributed by atoms with Crippen molar-refractivity contribution in [2.75, 3.05) is 0 Å². The SMILES string of the molecule is Cc1ccc([N+](=O)[O-])cc1S(=O)(=O)NC(C)C(N)=O. The molecule has 1 rings (SSSR count). The van der Waals surface area contributed by atoms with Crippen molar-refractivity contribution in [3.8, 4) is 0 Å². The Bertz CT molecular complexity index is 626. The van der Waals surface area contributed by atoms with Crippen molar-refractivity contribution in [2.45, 2.75) is 24.8 Å². The molecule has 3 N–H and O–H groups in total. The number of primary amides is 1. The number of aryl methyl sites for hydroxylation is 1. The lowest BCUT2D eigenvalue weighted by Gasteiger charge is -2.12. The number of nitrogens with zero attached hydrogens (tertiary/aromatic N) is 1. The van der Waals surface area contributed by atoms with Crippen molar-refractivity contribution in [1.29, 1.82) is 0 Å². The quantitative estimate of drug-likeness (QED) is 0.583. The first-order valence-corrected chi connectivity index (χ1v) is 6.70. The van der Waals surface area contributed by atoms with E-state index in [2.05, 4.69) is 4.72 Å². The van der Waals surface area contributed by atoms with Gasteiger partial charge in [-0.05, 0) is 19.4 Å². The van der Waals surface area contributed by atoms with E-state index in [9.17, 15) is 23.3 Å². The minimum atomic E-state index is -4.05. The monoisotopic (exact) mass is 287 g/mol. The van der Waals surface area contributed by atoms with Gasteiger partial charge in [-0.15, -0.1) is 0 Å². The number of hydrogen-bond acceptors (Lipinski definition) is 5. The zero-order chi connectivity index (χ0) is 14.8. The molecule has 0 spiro atoms. The molecule has 0 aromatic heterocycles. The first-order valence-electron chi connectivity index (χ1n) is 5.22. The first kappa shape index (κ1) is 15.1. The molecule has 0 saturated carbocycles. The molecule has 0 aliphatic carbocycles. The van der Waals surface area contributed by atoms with Gasteiger partial charge < -0.3 is 5.73 Å². The molecule has 0 aliphatic heterocycles. The number of benzene rings is 1. The van der Waals surface area contributed by atoms with Gasteiger partial charge in [0.05, 0.1) is 15.9 Å². The molecule has 1 atom stereocenters. The van der Waals surface area contributed by atoms with E-state index in [0.29, 0.717) is 5.56 Å². The number of non-ortho nitro benzene ring substituents is 1. The van der Waals surface area contributed by atoms with E-state index in [1.807, 2.05) is 0 Å². The highest BCUT2D eigenvalue weighted by molar-refractivity contribution is 7.89. The van der Waals surface area contributed by atoms with Gasteiger partial charge in [0.25, 0.3) is 5.69 Å². The number of hydrogen-bond donors (Lipinski definition) is 2. The number of nitro benzene ring substituents is 1. The van der Waals surface area contributed by atoms with Crippen molar-refractivity contribution < 1.29 is 18.1 Å². The summed E-state index contributed by atoms with van der Waals surface area (Å²) in [7, 11) is -4.05. The Balaban J connectivity index is 3.24. The summed E-state index contributed by atoms with van der Waals surface area (Å²) in [6, 6.07) is 2.35. The van der Waals surface area contributed by atoms with Gasteiger partial charge in [0, 0.05) is 12.1 Å². The Kier molecular flexibility index (Phi) is 4.22. The summed E-state index contributed by atoms with van der Waals surface area (Å²) in [5.74, 6) is -0.841. The molecule has 0 fully saturated rings. The number of carbonyl (C=O) groups excluding carboxylic acids is 1. The average Bonchev–Trinajstić information content (AvgIpc) is 2.28. The van der Waals surface area contributed by atoms with Crippen molar-refractivity contribution in [3.63, 3.8) is 0 Å². The van der Waals surface area contributed by atoms with Crippen molar-refractivity contribution in [3.05, 3.63) is 33.9 Å². The second-order valence-corrected chi connectivity index (χ2v) is 5.63. The van der Waals surface area contributed by atoms with Gasteiger partial charge in [0.15, 0.2) is 0 Å². The van der Waals surface area contributed by atoms with Gasteiger partial charge in [0.1, 0.15) is 0 Å². The van der Waals surface area contributed by atoms with Gasteiger partial charge >= 0.3 is 0 Å². The van der Waals surface area contributed by atoms with E-state index in [4.69, 9.17) is 5.73 Å². The summed E-state index contributed by atoms with van der Waals surface area (Å²) < 4.78 is 26.1. The lowest BCUT2D eigenvalue weighted by molar-refractivity contribution is -0.385. The van der Waals surface area contributed by atoms with Crippen LogP contribution in [0.4, 0.5) is 5.69 Å². The Morgan fingerprint density at radius 3 is 2.53 bits per heavy atom. The zero-order valence-corrected chi connectivity index (χ0v) is 11.1. The van der Waals surface area contributed by atoms with Crippen LogP contribution in [0.15, 0.2) is 23.1 Å². The smallest absolute Gasteiger partial charge is 0.270 e. The van der Waals surface area contributed by atoms with E-state index >= 15 is 0 Å². The fraction of sp³-hybridized carbons (Fsp3) is 0.300. The molecule has 0 bridgehead atoms. The van der Waals surface area contributed by atoms with Crippen molar-refractivity contribution in [1.82, 2.24) is 4.72 Å². The fourth-order valence-corrected chi connectivity index (χ4v) is 2.82. The van der Waals surface area contributed by atoms with Crippen molar-refractivity contribution in [2.24, 2.45) is 5.73 Å². The molecule has 8 nitrogen and oxygen atoms in total. The van der Waals surface area contributed by atoms with Crippen LogP contribution in [0.1, 0.15) is 12.5 Å². The number of nitro groups is 1. The number of sulfonamides is 1. The molecule has 0 aliphatic rings.